The van der Waals surface area contributed by atoms with Gasteiger partial charge in [-0.15, -0.1) is 0 Å². The molecule has 0 fully saturated rings. The first kappa shape index (κ1) is 47.7. The molecule has 0 aliphatic carbocycles. The third-order valence-corrected chi connectivity index (χ3v) is 21.0. The number of furan rings is 2. The van der Waals surface area contributed by atoms with E-state index in [1.54, 1.807) is 0 Å². The zero-order chi connectivity index (χ0) is 84.5. The summed E-state index contributed by atoms with van der Waals surface area (Å²) in [5.74, 6) is 0. The Hall–Kier alpha value is -13.4. The van der Waals surface area contributed by atoms with E-state index in [0.717, 1.165) is 98.4 Å². The van der Waals surface area contributed by atoms with E-state index in [-0.39, 0.29) is 102 Å². The van der Waals surface area contributed by atoms with Crippen LogP contribution in [0.1, 0.15) is 48.3 Å². The Morgan fingerprint density at radius 1 is 0.217 bits per heavy atom. The minimum absolute atomic E-state index is 0.0459. The highest BCUT2D eigenvalue weighted by Crippen LogP contribution is 2.51. The number of hydrogen-bond donors (Lipinski definition) is 0. The third kappa shape index (κ3) is 10.4. The molecular formula is C104H70O2. The van der Waals surface area contributed by atoms with Gasteiger partial charge >= 0.3 is 0 Å². The lowest BCUT2D eigenvalue weighted by Gasteiger charge is -2.20. The van der Waals surface area contributed by atoms with Crippen LogP contribution in [0.15, 0.2) is 378 Å². The van der Waals surface area contributed by atoms with Crippen LogP contribution in [0.5, 0.6) is 0 Å². The fraction of sp³-hybridized carbons (Fsp3) is 0.0385. The van der Waals surface area contributed by atoms with Crippen LogP contribution in [0.4, 0.5) is 0 Å². The van der Waals surface area contributed by atoms with Crippen molar-refractivity contribution in [3.05, 3.63) is 375 Å². The van der Waals surface area contributed by atoms with E-state index in [2.05, 4.69) is 112 Å². The minimum atomic E-state index is -0.441. The van der Waals surface area contributed by atoms with Crippen LogP contribution in [-0.4, -0.2) is 0 Å². The number of hydrogen-bond acceptors (Lipinski definition) is 2. The second-order valence-corrected chi connectivity index (χ2v) is 28.0. The van der Waals surface area contributed by atoms with Crippen molar-refractivity contribution >= 4 is 119 Å². The first-order chi connectivity index (χ1) is 58.9. The van der Waals surface area contributed by atoms with Gasteiger partial charge in [-0.3, -0.25) is 0 Å². The molecule has 2 heteroatoms. The lowest BCUT2D eigenvalue weighted by Crippen LogP contribution is -2.10. The Morgan fingerprint density at radius 2 is 0.585 bits per heavy atom. The van der Waals surface area contributed by atoms with Crippen molar-refractivity contribution in [2.24, 2.45) is 0 Å². The molecule has 0 aliphatic heterocycles. The molecule has 498 valence electrons. The fourth-order valence-corrected chi connectivity index (χ4v) is 16.0. The van der Waals surface area contributed by atoms with Gasteiger partial charge < -0.3 is 8.83 Å². The maximum absolute atomic E-state index is 9.49. The highest BCUT2D eigenvalue weighted by molar-refractivity contribution is 6.27. The number of fused-ring (bicyclic) bond motifs is 13. The summed E-state index contributed by atoms with van der Waals surface area (Å²) in [7, 11) is 0. The topological polar surface area (TPSA) is 26.3 Å². The van der Waals surface area contributed by atoms with Crippen molar-refractivity contribution in [1.29, 1.82) is 0 Å². The molecule has 0 bridgehead atoms. The molecule has 0 aliphatic rings. The quantitative estimate of drug-likeness (QED) is 0.142. The maximum atomic E-state index is 9.49. The molecule has 21 aromatic rings. The monoisotopic (exact) mass is 1370 g/mol. The van der Waals surface area contributed by atoms with Crippen LogP contribution in [0.25, 0.3) is 208 Å². The van der Waals surface area contributed by atoms with Crippen LogP contribution in [0, 0.1) is 0 Å². The predicted octanol–water partition coefficient (Wildman–Crippen LogP) is 29.9. The SMILES string of the molecule is [2H]c1c([2H])c([2H])c2c(-c3cccc4ccccc34)c3c([2H])c([2H])c([2H])c([2H])c3c(-c3ccc4oc5c(-c6cc(-c7ccccc7)ccc6-c6ccccc6)cccc5c4c3)c2c1[2H].[2H]c1c([2H])c([2H])c2c(-c3cccc4ccccc34)c3c([2H])c([2H])c([2H])c([2H])c3c(-c3ccc4oc5c(-c6cccc7ccc(C(C)(C)C)cc67)cccc5c4c3)c2c1[2H]. The van der Waals surface area contributed by atoms with Gasteiger partial charge in [-0.2, -0.15) is 0 Å². The third-order valence-electron chi connectivity index (χ3n) is 21.0. The van der Waals surface area contributed by atoms with Gasteiger partial charge in [0.05, 0.1) is 21.9 Å². The highest BCUT2D eigenvalue weighted by Gasteiger charge is 2.25. The van der Waals surface area contributed by atoms with Gasteiger partial charge in [-0.25, -0.2) is 0 Å². The molecule has 0 saturated carbocycles. The summed E-state index contributed by atoms with van der Waals surface area (Å²) in [4.78, 5) is 0. The molecule has 0 unspecified atom stereocenters. The van der Waals surface area contributed by atoms with E-state index < -0.39 is 48.3 Å². The summed E-state index contributed by atoms with van der Waals surface area (Å²) in [6.07, 6.45) is 0. The van der Waals surface area contributed by atoms with Crippen LogP contribution in [-0.2, 0) is 5.41 Å². The Labute approximate surface area is 637 Å². The van der Waals surface area contributed by atoms with Crippen molar-refractivity contribution in [2.45, 2.75) is 26.2 Å². The van der Waals surface area contributed by atoms with Crippen molar-refractivity contribution < 1.29 is 30.8 Å². The van der Waals surface area contributed by atoms with Crippen molar-refractivity contribution in [2.75, 3.05) is 0 Å². The van der Waals surface area contributed by atoms with E-state index in [9.17, 15) is 11.0 Å². The van der Waals surface area contributed by atoms with Crippen molar-refractivity contribution in [3.63, 3.8) is 0 Å². The van der Waals surface area contributed by atoms with Crippen molar-refractivity contribution in [1.82, 2.24) is 0 Å². The molecule has 2 nitrogen and oxygen atoms in total. The molecule has 0 amide bonds. The van der Waals surface area contributed by atoms with E-state index >= 15 is 0 Å². The summed E-state index contributed by atoms with van der Waals surface area (Å²) in [6, 6.07) is 83.8. The van der Waals surface area contributed by atoms with Gasteiger partial charge in [-0.1, -0.05) is 354 Å². The number of para-hydroxylation sites is 2. The molecule has 0 radical (unpaired) electrons. The Kier molecular flexibility index (Phi) is 11.4. The molecule has 0 spiro atoms. The lowest BCUT2D eigenvalue weighted by molar-refractivity contribution is 0.591. The average Bonchev–Trinajstić information content (AvgIpc) is 0.732. The van der Waals surface area contributed by atoms with Gasteiger partial charge in [0.2, 0.25) is 0 Å². The zero-order valence-corrected chi connectivity index (χ0v) is 57.8. The minimum Gasteiger partial charge on any atom is -0.455 e. The molecule has 2 heterocycles. The van der Waals surface area contributed by atoms with Crippen molar-refractivity contribution in [3.8, 4) is 89.0 Å². The summed E-state index contributed by atoms with van der Waals surface area (Å²) >= 11 is 0. The molecule has 0 N–H and O–H groups in total. The summed E-state index contributed by atoms with van der Waals surface area (Å²) in [5.41, 5.74) is 15.3. The van der Waals surface area contributed by atoms with E-state index in [1.807, 2.05) is 182 Å². The zero-order valence-electron chi connectivity index (χ0n) is 73.8. The molecule has 0 saturated heterocycles. The Balaban J connectivity index is 0.000000156. The largest absolute Gasteiger partial charge is 0.455 e. The lowest BCUT2D eigenvalue weighted by atomic mass is 9.84. The Morgan fingerprint density at radius 3 is 1.06 bits per heavy atom. The predicted molar refractivity (Wildman–Crippen MR) is 452 cm³/mol. The summed E-state index contributed by atoms with van der Waals surface area (Å²) in [5, 5.41) is 10.1. The molecule has 21 rings (SSSR count). The number of rotatable bonds is 8. The van der Waals surface area contributed by atoms with E-state index in [1.165, 1.54) is 5.56 Å². The summed E-state index contributed by atoms with van der Waals surface area (Å²) in [6.45, 7) is 6.61. The van der Waals surface area contributed by atoms with Gasteiger partial charge in [0.25, 0.3) is 0 Å². The van der Waals surface area contributed by atoms with Gasteiger partial charge in [-0.05, 0) is 201 Å². The highest BCUT2D eigenvalue weighted by atomic mass is 16.3. The molecular weight excluding hydrogens is 1280 g/mol. The second-order valence-electron chi connectivity index (χ2n) is 28.0. The standard InChI is InChI=1S/C54H34O.C50H36O/c1-3-15-35(16-4-1)38-29-31-41(36-17-5-2-6-18-36)49(33-38)47-27-14-28-48-50-34-39(30-32-51(50)55-54(47)48)52-43-22-9-11-24-45(43)53(46-25-12-10-23-44(46)52)42-26-13-20-37-19-7-8-21-40(37)42;1-50(2,3)34-27-25-32-15-10-21-36(44(32)30-34)42-23-12-24-43-45-29-33(26-28-46(45)51-49(42)43)47-38-17-6-8-19-40(38)48(41-20-9-7-18-39(41)47)37-22-11-14-31-13-4-5-16-35(31)37/h1-34H;4-30H,1-3H3/i9D,10D,11D,12D,22D,23D,24D,25D;6D,7D,8D,9D,17D,18D,19D,20D. The van der Waals surface area contributed by atoms with E-state index in [0.29, 0.717) is 61.3 Å². The molecule has 19 aromatic carbocycles. The summed E-state index contributed by atoms with van der Waals surface area (Å²) < 4.78 is 160. The van der Waals surface area contributed by atoms with Crippen LogP contribution < -0.4 is 0 Å². The molecule has 2 aromatic heterocycles. The maximum Gasteiger partial charge on any atom is 0.143 e. The van der Waals surface area contributed by atoms with Crippen LogP contribution >= 0.6 is 0 Å². The van der Waals surface area contributed by atoms with Gasteiger partial charge in [0.1, 0.15) is 22.3 Å². The van der Waals surface area contributed by atoms with E-state index in [4.69, 9.17) is 19.8 Å². The normalized spacial score (nSPS) is 14.0. The van der Waals surface area contributed by atoms with Crippen LogP contribution in [0.3, 0.4) is 0 Å². The molecule has 0 atom stereocenters. The average molecular weight is 1370 g/mol. The number of benzene rings is 19. The first-order valence-corrected chi connectivity index (χ1v) is 35.5. The fourth-order valence-electron chi connectivity index (χ4n) is 16.0. The van der Waals surface area contributed by atoms with Gasteiger partial charge in [0, 0.05) is 32.7 Å². The van der Waals surface area contributed by atoms with Gasteiger partial charge in [0.15, 0.2) is 0 Å². The Bertz CT molecular complexity index is 7960. The second kappa shape index (κ2) is 25.2. The smallest absolute Gasteiger partial charge is 0.143 e. The molecule has 106 heavy (non-hydrogen) atoms. The first-order valence-electron chi connectivity index (χ1n) is 43.5. The van der Waals surface area contributed by atoms with Crippen LogP contribution in [0.2, 0.25) is 0 Å².